The fourth-order valence-electron chi connectivity index (χ4n) is 3.34. The van der Waals surface area contributed by atoms with Crippen LogP contribution in [-0.2, 0) is 16.6 Å². The Bertz CT molecular complexity index is 1090. The molecule has 4 rings (SSSR count). The molecule has 148 valence electrons. The molecule has 3 heterocycles. The van der Waals surface area contributed by atoms with Gasteiger partial charge in [-0.2, -0.15) is 15.1 Å². The highest BCUT2D eigenvalue weighted by Gasteiger charge is 2.19. The van der Waals surface area contributed by atoms with E-state index in [1.165, 1.54) is 12.1 Å². The highest BCUT2D eigenvalue weighted by molar-refractivity contribution is 7.89. The predicted octanol–water partition coefficient (Wildman–Crippen LogP) is 2.23. The first-order valence-corrected chi connectivity index (χ1v) is 10.9. The molecule has 1 fully saturated rings. The van der Waals surface area contributed by atoms with Crippen molar-refractivity contribution >= 4 is 38.5 Å². The number of sulfonamides is 1. The maximum Gasteiger partial charge on any atom is 0.238 e. The van der Waals surface area contributed by atoms with Gasteiger partial charge in [-0.3, -0.25) is 0 Å². The summed E-state index contributed by atoms with van der Waals surface area (Å²) in [7, 11) is -3.72. The fraction of sp³-hybridized carbons (Fsp3) is 0.389. The van der Waals surface area contributed by atoms with Crippen molar-refractivity contribution in [2.24, 2.45) is 5.14 Å². The summed E-state index contributed by atoms with van der Waals surface area (Å²) >= 11 is 0. The molecule has 1 saturated heterocycles. The van der Waals surface area contributed by atoms with Crippen molar-refractivity contribution in [3.63, 3.8) is 0 Å². The highest BCUT2D eigenvalue weighted by atomic mass is 32.2. The highest BCUT2D eigenvalue weighted by Crippen LogP contribution is 2.28. The minimum absolute atomic E-state index is 0.0689. The van der Waals surface area contributed by atoms with E-state index in [9.17, 15) is 8.42 Å². The molecule has 1 aliphatic rings. The molecule has 0 atom stereocenters. The number of nitrogens with zero attached hydrogens (tertiary/aromatic N) is 5. The lowest BCUT2D eigenvalue weighted by Gasteiger charge is -2.17. The van der Waals surface area contributed by atoms with Crippen molar-refractivity contribution in [1.29, 1.82) is 0 Å². The molecule has 0 unspecified atom stereocenters. The third-order valence-electron chi connectivity index (χ3n) is 4.75. The lowest BCUT2D eigenvalue weighted by Crippen LogP contribution is -2.21. The SMILES string of the molecule is CCCn1ncc2c(Nc3ccc(S(N)(=O)=O)cc3)nc(N3CCCC3)nc21. The predicted molar refractivity (Wildman–Crippen MR) is 108 cm³/mol. The molecule has 10 heteroatoms. The van der Waals surface area contributed by atoms with Gasteiger partial charge in [-0.1, -0.05) is 6.92 Å². The number of primary sulfonamides is 1. The van der Waals surface area contributed by atoms with E-state index in [4.69, 9.17) is 15.1 Å². The molecule has 0 aliphatic carbocycles. The molecule has 3 aromatic rings. The fourth-order valence-corrected chi connectivity index (χ4v) is 3.85. The molecule has 1 aliphatic heterocycles. The van der Waals surface area contributed by atoms with Crippen molar-refractivity contribution in [2.75, 3.05) is 23.3 Å². The summed E-state index contributed by atoms with van der Waals surface area (Å²) in [4.78, 5) is 11.7. The van der Waals surface area contributed by atoms with Crippen molar-refractivity contribution in [3.05, 3.63) is 30.5 Å². The second kappa shape index (κ2) is 7.36. The minimum Gasteiger partial charge on any atom is -0.341 e. The van der Waals surface area contributed by atoms with Crippen molar-refractivity contribution in [1.82, 2.24) is 19.7 Å². The van der Waals surface area contributed by atoms with Gasteiger partial charge in [0.15, 0.2) is 5.65 Å². The third-order valence-corrected chi connectivity index (χ3v) is 5.68. The standard InChI is InChI=1S/C18H23N7O2S/c1-2-9-25-17-15(12-20-25)16(22-18(23-17)24-10-3-4-11-24)21-13-5-7-14(8-6-13)28(19,26)27/h5-8,12H,2-4,9-11H2,1H3,(H2,19,26,27)(H,21,22,23). The molecule has 0 saturated carbocycles. The van der Waals surface area contributed by atoms with Crippen LogP contribution in [0.5, 0.6) is 0 Å². The van der Waals surface area contributed by atoms with Crippen LogP contribution in [-0.4, -0.2) is 41.3 Å². The van der Waals surface area contributed by atoms with Gasteiger partial charge in [0.25, 0.3) is 0 Å². The van der Waals surface area contributed by atoms with Crippen LogP contribution in [0.15, 0.2) is 35.4 Å². The Kier molecular flexibility index (Phi) is 4.90. The van der Waals surface area contributed by atoms with Gasteiger partial charge in [0.1, 0.15) is 5.82 Å². The van der Waals surface area contributed by atoms with E-state index >= 15 is 0 Å². The Hall–Kier alpha value is -2.72. The number of nitrogens with one attached hydrogen (secondary N) is 1. The van der Waals surface area contributed by atoms with Gasteiger partial charge in [-0.15, -0.1) is 0 Å². The normalized spacial score (nSPS) is 14.7. The first-order valence-electron chi connectivity index (χ1n) is 9.34. The molecule has 0 radical (unpaired) electrons. The largest absolute Gasteiger partial charge is 0.341 e. The zero-order chi connectivity index (χ0) is 19.7. The number of nitrogens with two attached hydrogens (primary N) is 1. The lowest BCUT2D eigenvalue weighted by molar-refractivity contribution is 0.598. The first kappa shape index (κ1) is 18.6. The molecule has 3 N–H and O–H groups in total. The van der Waals surface area contributed by atoms with Gasteiger partial charge < -0.3 is 10.2 Å². The maximum absolute atomic E-state index is 11.5. The molecule has 1 aromatic carbocycles. The summed E-state index contributed by atoms with van der Waals surface area (Å²) in [5, 5.41) is 13.7. The molecule has 9 nitrogen and oxygen atoms in total. The van der Waals surface area contributed by atoms with Gasteiger partial charge in [0.05, 0.1) is 16.5 Å². The van der Waals surface area contributed by atoms with Gasteiger partial charge in [0, 0.05) is 25.3 Å². The van der Waals surface area contributed by atoms with Crippen LogP contribution in [0.2, 0.25) is 0 Å². The van der Waals surface area contributed by atoms with E-state index in [-0.39, 0.29) is 4.90 Å². The number of fused-ring (bicyclic) bond motifs is 1. The summed E-state index contributed by atoms with van der Waals surface area (Å²) in [6, 6.07) is 6.27. The van der Waals surface area contributed by atoms with E-state index in [0.717, 1.165) is 49.9 Å². The van der Waals surface area contributed by atoms with E-state index in [1.807, 2.05) is 4.68 Å². The van der Waals surface area contributed by atoms with Crippen molar-refractivity contribution in [3.8, 4) is 0 Å². The Morgan fingerprint density at radius 3 is 2.50 bits per heavy atom. The van der Waals surface area contributed by atoms with E-state index in [1.54, 1.807) is 18.3 Å². The average molecular weight is 401 g/mol. The Labute approximate surface area is 163 Å². The van der Waals surface area contributed by atoms with Crippen molar-refractivity contribution in [2.45, 2.75) is 37.6 Å². The van der Waals surface area contributed by atoms with Crippen LogP contribution in [0.3, 0.4) is 0 Å². The summed E-state index contributed by atoms with van der Waals surface area (Å²) in [5.41, 5.74) is 1.51. The topological polar surface area (TPSA) is 119 Å². The van der Waals surface area contributed by atoms with Crippen molar-refractivity contribution < 1.29 is 8.42 Å². The summed E-state index contributed by atoms with van der Waals surface area (Å²) in [5.74, 6) is 1.34. The molecule has 0 spiro atoms. The second-order valence-electron chi connectivity index (χ2n) is 6.87. The molecule has 0 amide bonds. The number of aryl methyl sites for hydroxylation is 1. The number of hydrogen-bond donors (Lipinski definition) is 2. The number of benzene rings is 1. The van der Waals surface area contributed by atoms with E-state index < -0.39 is 10.0 Å². The Morgan fingerprint density at radius 1 is 1.14 bits per heavy atom. The zero-order valence-electron chi connectivity index (χ0n) is 15.7. The van der Waals surface area contributed by atoms with Crippen LogP contribution in [0.1, 0.15) is 26.2 Å². The molecule has 28 heavy (non-hydrogen) atoms. The van der Waals surface area contributed by atoms with Gasteiger partial charge in [-0.25, -0.2) is 18.2 Å². The number of hydrogen-bond acceptors (Lipinski definition) is 7. The maximum atomic E-state index is 11.5. The van der Waals surface area contributed by atoms with E-state index in [0.29, 0.717) is 17.5 Å². The van der Waals surface area contributed by atoms with Crippen LogP contribution in [0.4, 0.5) is 17.5 Å². The molecular formula is C18H23N7O2S. The van der Waals surface area contributed by atoms with Gasteiger partial charge >= 0.3 is 0 Å². The van der Waals surface area contributed by atoms with Crippen LogP contribution in [0.25, 0.3) is 11.0 Å². The van der Waals surface area contributed by atoms with Crippen LogP contribution < -0.4 is 15.4 Å². The van der Waals surface area contributed by atoms with E-state index in [2.05, 4.69) is 22.2 Å². The lowest BCUT2D eigenvalue weighted by atomic mass is 10.3. The Morgan fingerprint density at radius 2 is 1.86 bits per heavy atom. The summed E-state index contributed by atoms with van der Waals surface area (Å²) in [6.45, 7) is 4.76. The molecular weight excluding hydrogens is 378 g/mol. The average Bonchev–Trinajstić information content (AvgIpc) is 3.32. The second-order valence-corrected chi connectivity index (χ2v) is 8.43. The molecule has 0 bridgehead atoms. The van der Waals surface area contributed by atoms with Gasteiger partial charge in [-0.05, 0) is 43.5 Å². The monoisotopic (exact) mass is 401 g/mol. The Balaban J connectivity index is 1.74. The quantitative estimate of drug-likeness (QED) is 0.650. The number of aromatic nitrogens is 4. The first-order chi connectivity index (χ1) is 13.5. The smallest absolute Gasteiger partial charge is 0.238 e. The third kappa shape index (κ3) is 3.65. The molecule has 2 aromatic heterocycles. The number of rotatable bonds is 6. The zero-order valence-corrected chi connectivity index (χ0v) is 16.5. The minimum atomic E-state index is -3.72. The summed E-state index contributed by atoms with van der Waals surface area (Å²) in [6.07, 6.45) is 4.98. The summed E-state index contributed by atoms with van der Waals surface area (Å²) < 4.78 is 24.8. The van der Waals surface area contributed by atoms with Crippen LogP contribution in [0, 0.1) is 0 Å². The van der Waals surface area contributed by atoms with Gasteiger partial charge in [0.2, 0.25) is 16.0 Å². The number of anilines is 3. The van der Waals surface area contributed by atoms with Crippen LogP contribution >= 0.6 is 0 Å².